The highest BCUT2D eigenvalue weighted by molar-refractivity contribution is 6.06. The maximum absolute atomic E-state index is 12.4. The summed E-state index contributed by atoms with van der Waals surface area (Å²) >= 11 is 0. The fourth-order valence-electron chi connectivity index (χ4n) is 2.50. The third-order valence-corrected chi connectivity index (χ3v) is 3.43. The molecule has 18 heavy (non-hydrogen) atoms. The Morgan fingerprint density at radius 1 is 1.33 bits per heavy atom. The topological polar surface area (TPSA) is 43.4 Å². The maximum Gasteiger partial charge on any atom is 0.320 e. The predicted octanol–water partition coefficient (Wildman–Crippen LogP) is 2.83. The molecule has 0 amide bonds. The second-order valence-corrected chi connectivity index (χ2v) is 4.59. The van der Waals surface area contributed by atoms with Crippen LogP contribution in [0.3, 0.4) is 0 Å². The van der Waals surface area contributed by atoms with Crippen molar-refractivity contribution in [2.75, 3.05) is 6.61 Å². The molecule has 0 aromatic carbocycles. The Morgan fingerprint density at radius 2 is 2.06 bits per heavy atom. The first kappa shape index (κ1) is 14.4. The summed E-state index contributed by atoms with van der Waals surface area (Å²) in [5.41, 5.74) is -1.03. The van der Waals surface area contributed by atoms with Crippen molar-refractivity contribution in [2.45, 2.75) is 25.7 Å². The number of ketones is 1. The molecule has 0 radical (unpaired) electrons. The Bertz CT molecular complexity index is 370. The van der Waals surface area contributed by atoms with Crippen LogP contribution in [0.5, 0.6) is 0 Å². The molecule has 0 spiro atoms. The van der Waals surface area contributed by atoms with Crippen LogP contribution in [0.15, 0.2) is 38.0 Å². The van der Waals surface area contributed by atoms with Gasteiger partial charge in [0, 0.05) is 5.92 Å². The number of hydrogen-bond donors (Lipinski definition) is 0. The normalized spacial score (nSPS) is 26.7. The van der Waals surface area contributed by atoms with E-state index in [1.165, 1.54) is 6.08 Å². The van der Waals surface area contributed by atoms with E-state index < -0.39 is 11.4 Å². The fraction of sp³-hybridized carbons (Fsp3) is 0.467. The monoisotopic (exact) mass is 248 g/mol. The van der Waals surface area contributed by atoms with Crippen LogP contribution in [0.4, 0.5) is 0 Å². The molecule has 3 nitrogen and oxygen atoms in total. The van der Waals surface area contributed by atoms with E-state index in [1.807, 2.05) is 0 Å². The average Bonchev–Trinajstić information content (AvgIpc) is 2.67. The number of allylic oxidation sites excluding steroid dienone is 2. The second-order valence-electron chi connectivity index (χ2n) is 4.59. The smallest absolute Gasteiger partial charge is 0.320 e. The Balaban J connectivity index is 2.90. The molecule has 1 aliphatic rings. The number of Topliss-reactive ketones (excluding diaryl/α,β-unsaturated/α-hetero) is 1. The molecule has 98 valence electrons. The molecular formula is C15H20O3. The highest BCUT2D eigenvalue weighted by Gasteiger charge is 2.52. The summed E-state index contributed by atoms with van der Waals surface area (Å²) in [6.45, 7) is 10.9. The molecule has 0 aromatic heterocycles. The summed E-state index contributed by atoms with van der Waals surface area (Å²) in [7, 11) is 0. The van der Waals surface area contributed by atoms with Crippen molar-refractivity contribution in [3.8, 4) is 0 Å². The van der Waals surface area contributed by atoms with E-state index in [1.54, 1.807) is 12.2 Å². The number of rotatable bonds is 7. The van der Waals surface area contributed by atoms with Crippen LogP contribution < -0.4 is 0 Å². The van der Waals surface area contributed by atoms with Gasteiger partial charge < -0.3 is 4.74 Å². The Labute approximate surface area is 108 Å². The second kappa shape index (κ2) is 6.34. The summed E-state index contributed by atoms with van der Waals surface area (Å²) in [6.07, 6.45) is 7.04. The molecule has 1 rings (SSSR count). The van der Waals surface area contributed by atoms with Crippen LogP contribution in [0, 0.1) is 11.3 Å². The first-order chi connectivity index (χ1) is 8.62. The minimum atomic E-state index is -1.03. The summed E-state index contributed by atoms with van der Waals surface area (Å²) in [5.74, 6) is -0.589. The molecule has 0 N–H and O–H groups in total. The van der Waals surface area contributed by atoms with Crippen molar-refractivity contribution in [2.24, 2.45) is 11.3 Å². The first-order valence-corrected chi connectivity index (χ1v) is 6.16. The lowest BCUT2D eigenvalue weighted by atomic mass is 9.80. The minimum absolute atomic E-state index is 0.0311. The lowest BCUT2D eigenvalue weighted by Gasteiger charge is -2.24. The van der Waals surface area contributed by atoms with Gasteiger partial charge in [0.05, 0.1) is 0 Å². The lowest BCUT2D eigenvalue weighted by Crippen LogP contribution is -2.38. The number of ether oxygens (including phenoxy) is 1. The standard InChI is InChI=1S/C15H20O3/c1-4-7-12-8-10-15(9-5-2,13(12)16)14(17)18-11-6-3/h4-6,12H,1-3,7-11H2. The lowest BCUT2D eigenvalue weighted by molar-refractivity contribution is -0.158. The molecule has 0 saturated heterocycles. The number of carbonyl (C=O) groups excluding carboxylic acids is 2. The van der Waals surface area contributed by atoms with Gasteiger partial charge in [-0.3, -0.25) is 9.59 Å². The van der Waals surface area contributed by atoms with Gasteiger partial charge >= 0.3 is 5.97 Å². The molecule has 0 bridgehead atoms. The largest absolute Gasteiger partial charge is 0.461 e. The van der Waals surface area contributed by atoms with E-state index in [0.717, 1.165) is 0 Å². The minimum Gasteiger partial charge on any atom is -0.461 e. The highest BCUT2D eigenvalue weighted by atomic mass is 16.5. The molecule has 1 aliphatic carbocycles. The van der Waals surface area contributed by atoms with Crippen molar-refractivity contribution >= 4 is 11.8 Å². The third-order valence-electron chi connectivity index (χ3n) is 3.43. The summed E-state index contributed by atoms with van der Waals surface area (Å²) in [5, 5.41) is 0. The summed E-state index contributed by atoms with van der Waals surface area (Å²) in [6, 6.07) is 0. The zero-order valence-corrected chi connectivity index (χ0v) is 10.7. The van der Waals surface area contributed by atoms with Gasteiger partial charge in [0.1, 0.15) is 12.0 Å². The van der Waals surface area contributed by atoms with Crippen LogP contribution in [-0.4, -0.2) is 18.4 Å². The Hall–Kier alpha value is -1.64. The van der Waals surface area contributed by atoms with Crippen molar-refractivity contribution in [1.82, 2.24) is 0 Å². The van der Waals surface area contributed by atoms with Gasteiger partial charge in [0.2, 0.25) is 0 Å². The maximum atomic E-state index is 12.4. The molecule has 1 fully saturated rings. The molecule has 0 heterocycles. The molecule has 0 aromatic rings. The summed E-state index contributed by atoms with van der Waals surface area (Å²) in [4.78, 5) is 24.5. The number of esters is 1. The Kier molecular flexibility index (Phi) is 5.08. The molecular weight excluding hydrogens is 228 g/mol. The van der Waals surface area contributed by atoms with E-state index in [4.69, 9.17) is 4.74 Å². The van der Waals surface area contributed by atoms with Crippen LogP contribution >= 0.6 is 0 Å². The molecule has 2 unspecified atom stereocenters. The van der Waals surface area contributed by atoms with Gasteiger partial charge in [-0.05, 0) is 25.7 Å². The molecule has 1 saturated carbocycles. The molecule has 3 heteroatoms. The number of hydrogen-bond acceptors (Lipinski definition) is 3. The fourth-order valence-corrected chi connectivity index (χ4v) is 2.50. The van der Waals surface area contributed by atoms with Gasteiger partial charge in [-0.15, -0.1) is 13.2 Å². The molecule has 0 aliphatic heterocycles. The van der Waals surface area contributed by atoms with Crippen molar-refractivity contribution < 1.29 is 14.3 Å². The molecule has 2 atom stereocenters. The van der Waals surface area contributed by atoms with Crippen molar-refractivity contribution in [1.29, 1.82) is 0 Å². The van der Waals surface area contributed by atoms with Gasteiger partial charge in [-0.25, -0.2) is 0 Å². The van der Waals surface area contributed by atoms with Crippen molar-refractivity contribution in [3.05, 3.63) is 38.0 Å². The van der Waals surface area contributed by atoms with Gasteiger partial charge in [-0.1, -0.05) is 24.8 Å². The van der Waals surface area contributed by atoms with Gasteiger partial charge in [-0.2, -0.15) is 0 Å². The SMILES string of the molecule is C=CCOC(=O)C1(CC=C)CCC(CC=C)C1=O. The Morgan fingerprint density at radius 3 is 2.61 bits per heavy atom. The third kappa shape index (κ3) is 2.61. The van der Waals surface area contributed by atoms with Gasteiger partial charge in [0.25, 0.3) is 0 Å². The highest BCUT2D eigenvalue weighted by Crippen LogP contribution is 2.43. The zero-order chi connectivity index (χ0) is 13.6. The van der Waals surface area contributed by atoms with Crippen LogP contribution in [0.2, 0.25) is 0 Å². The first-order valence-electron chi connectivity index (χ1n) is 6.16. The van der Waals surface area contributed by atoms with E-state index in [0.29, 0.717) is 25.7 Å². The number of carbonyl (C=O) groups is 2. The van der Waals surface area contributed by atoms with Crippen LogP contribution in [0.1, 0.15) is 25.7 Å². The summed E-state index contributed by atoms with van der Waals surface area (Å²) < 4.78 is 5.08. The van der Waals surface area contributed by atoms with Crippen LogP contribution in [0.25, 0.3) is 0 Å². The zero-order valence-electron chi connectivity index (χ0n) is 10.7. The quantitative estimate of drug-likeness (QED) is 0.395. The predicted molar refractivity (Wildman–Crippen MR) is 70.9 cm³/mol. The van der Waals surface area contributed by atoms with Crippen LogP contribution in [-0.2, 0) is 14.3 Å². The van der Waals surface area contributed by atoms with E-state index in [2.05, 4.69) is 19.7 Å². The van der Waals surface area contributed by atoms with E-state index >= 15 is 0 Å². The van der Waals surface area contributed by atoms with Gasteiger partial charge in [0.15, 0.2) is 5.78 Å². The van der Waals surface area contributed by atoms with E-state index in [9.17, 15) is 9.59 Å². The van der Waals surface area contributed by atoms with E-state index in [-0.39, 0.29) is 18.3 Å². The average molecular weight is 248 g/mol. The van der Waals surface area contributed by atoms with Crippen molar-refractivity contribution in [3.63, 3.8) is 0 Å².